The third kappa shape index (κ3) is 1300. The SMILES string of the molecule is CO.CO.CO.CO.[W]. The predicted octanol–water partition coefficient (Wildman–Crippen LogP) is -1.57. The van der Waals surface area contributed by atoms with Crippen molar-refractivity contribution in [3.05, 3.63) is 0 Å². The zero-order chi connectivity index (χ0) is 8.00. The van der Waals surface area contributed by atoms with Crippen molar-refractivity contribution in [3.63, 3.8) is 0 Å². The fourth-order valence-corrected chi connectivity index (χ4v) is 0. The number of hydrogen-bond acceptors (Lipinski definition) is 4. The maximum Gasteiger partial charge on any atom is 0.0319 e. The summed E-state index contributed by atoms with van der Waals surface area (Å²) in [5.41, 5.74) is 0. The summed E-state index contributed by atoms with van der Waals surface area (Å²) in [5.74, 6) is 0. The molecule has 0 spiro atoms. The first kappa shape index (κ1) is 33.8. The Morgan fingerprint density at radius 2 is 0.444 bits per heavy atom. The first-order valence-electron chi connectivity index (χ1n) is 1.79. The van der Waals surface area contributed by atoms with Crippen molar-refractivity contribution in [2.75, 3.05) is 28.4 Å². The third-order valence-electron chi connectivity index (χ3n) is 0. The third-order valence-corrected chi connectivity index (χ3v) is 0. The van der Waals surface area contributed by atoms with Crippen LogP contribution in [0.5, 0.6) is 0 Å². The van der Waals surface area contributed by atoms with E-state index < -0.39 is 0 Å². The van der Waals surface area contributed by atoms with E-state index in [-0.39, 0.29) is 21.1 Å². The van der Waals surface area contributed by atoms with Crippen LogP contribution in [0.15, 0.2) is 0 Å². The Morgan fingerprint density at radius 1 is 0.444 bits per heavy atom. The average Bonchev–Trinajstić information content (AvgIpc) is 2.03. The molecule has 0 fully saturated rings. The van der Waals surface area contributed by atoms with Crippen LogP contribution < -0.4 is 0 Å². The van der Waals surface area contributed by atoms with E-state index >= 15 is 0 Å². The van der Waals surface area contributed by atoms with Crippen LogP contribution in [0, 0.1) is 0 Å². The van der Waals surface area contributed by atoms with Crippen LogP contribution in [0.25, 0.3) is 0 Å². The molecule has 0 heterocycles. The van der Waals surface area contributed by atoms with Crippen molar-refractivity contribution in [2.45, 2.75) is 0 Å². The Hall–Kier alpha value is 0.528. The summed E-state index contributed by atoms with van der Waals surface area (Å²) in [4.78, 5) is 0. The molecule has 0 saturated carbocycles. The van der Waals surface area contributed by atoms with Crippen LogP contribution in [-0.4, -0.2) is 48.9 Å². The van der Waals surface area contributed by atoms with Gasteiger partial charge < -0.3 is 20.4 Å². The minimum atomic E-state index is 0. The molecule has 0 unspecified atom stereocenters. The van der Waals surface area contributed by atoms with Gasteiger partial charge >= 0.3 is 0 Å². The van der Waals surface area contributed by atoms with Crippen LogP contribution in [0.1, 0.15) is 0 Å². The van der Waals surface area contributed by atoms with E-state index in [1.807, 2.05) is 0 Å². The molecular formula is C4H16O4W. The summed E-state index contributed by atoms with van der Waals surface area (Å²) >= 11 is 0. The van der Waals surface area contributed by atoms with E-state index in [0.29, 0.717) is 0 Å². The summed E-state index contributed by atoms with van der Waals surface area (Å²) in [6, 6.07) is 0. The molecule has 5 heteroatoms. The molecule has 0 radical (unpaired) electrons. The maximum absolute atomic E-state index is 7.00. The van der Waals surface area contributed by atoms with Gasteiger partial charge in [0.05, 0.1) is 0 Å². The molecule has 4 N–H and O–H groups in total. The monoisotopic (exact) mass is 312 g/mol. The fraction of sp³-hybridized carbons (Fsp3) is 1.00. The summed E-state index contributed by atoms with van der Waals surface area (Å²) in [7, 11) is 4.00. The smallest absolute Gasteiger partial charge is 0.0319 e. The van der Waals surface area contributed by atoms with Gasteiger partial charge in [0.1, 0.15) is 0 Å². The summed E-state index contributed by atoms with van der Waals surface area (Å²) < 4.78 is 0. The molecule has 0 rings (SSSR count). The largest absolute Gasteiger partial charge is 0.400 e. The van der Waals surface area contributed by atoms with E-state index in [1.54, 1.807) is 0 Å². The second kappa shape index (κ2) is 1730. The summed E-state index contributed by atoms with van der Waals surface area (Å²) in [5, 5.41) is 28.0. The van der Waals surface area contributed by atoms with Gasteiger partial charge in [-0.2, -0.15) is 0 Å². The van der Waals surface area contributed by atoms with Gasteiger partial charge in [0.25, 0.3) is 0 Å². The standard InChI is InChI=1S/4CH4O.W/c4*1-2;/h4*2H,1H3;. The molecule has 0 aliphatic heterocycles. The average molecular weight is 312 g/mol. The molecule has 0 bridgehead atoms. The molecule has 0 aliphatic carbocycles. The van der Waals surface area contributed by atoms with Gasteiger partial charge in [-0.05, 0) is 0 Å². The number of aliphatic hydroxyl groups excluding tert-OH is 4. The molecule has 0 aromatic carbocycles. The molecular weight excluding hydrogens is 296 g/mol. The van der Waals surface area contributed by atoms with E-state index in [9.17, 15) is 0 Å². The van der Waals surface area contributed by atoms with E-state index in [1.165, 1.54) is 0 Å². The first-order chi connectivity index (χ1) is 4.00. The topological polar surface area (TPSA) is 80.9 Å². The molecule has 0 aliphatic rings. The zero-order valence-electron chi connectivity index (χ0n) is 6.20. The van der Waals surface area contributed by atoms with E-state index in [4.69, 9.17) is 20.4 Å². The van der Waals surface area contributed by atoms with Crippen molar-refractivity contribution in [3.8, 4) is 0 Å². The Labute approximate surface area is 70.4 Å². The van der Waals surface area contributed by atoms with Crippen LogP contribution in [0.4, 0.5) is 0 Å². The maximum atomic E-state index is 7.00. The van der Waals surface area contributed by atoms with Gasteiger partial charge in [0, 0.05) is 49.5 Å². The molecule has 0 aromatic rings. The Kier molecular flexibility index (Phi) is 6500. The fourth-order valence-electron chi connectivity index (χ4n) is 0. The second-order valence-corrected chi connectivity index (χ2v) is 0. The molecule has 9 heavy (non-hydrogen) atoms. The van der Waals surface area contributed by atoms with Gasteiger partial charge in [-0.3, -0.25) is 0 Å². The summed E-state index contributed by atoms with van der Waals surface area (Å²) in [6.45, 7) is 0. The molecule has 0 atom stereocenters. The summed E-state index contributed by atoms with van der Waals surface area (Å²) in [6.07, 6.45) is 0. The minimum absolute atomic E-state index is 0. The predicted molar refractivity (Wildman–Crippen MR) is 32.6 cm³/mol. The van der Waals surface area contributed by atoms with E-state index in [2.05, 4.69) is 0 Å². The van der Waals surface area contributed by atoms with Gasteiger partial charge in [-0.1, -0.05) is 0 Å². The van der Waals surface area contributed by atoms with Crippen molar-refractivity contribution in [1.29, 1.82) is 0 Å². The zero-order valence-corrected chi connectivity index (χ0v) is 9.13. The van der Waals surface area contributed by atoms with Gasteiger partial charge in [0.15, 0.2) is 0 Å². The van der Waals surface area contributed by atoms with Crippen LogP contribution >= 0.6 is 0 Å². The van der Waals surface area contributed by atoms with Crippen molar-refractivity contribution in [2.24, 2.45) is 0 Å². The van der Waals surface area contributed by atoms with Gasteiger partial charge in [-0.15, -0.1) is 0 Å². The van der Waals surface area contributed by atoms with Crippen LogP contribution in [0.2, 0.25) is 0 Å². The minimum Gasteiger partial charge on any atom is -0.400 e. The Bertz CT molecular complexity index is 12.5. The first-order valence-corrected chi connectivity index (χ1v) is 1.79. The normalized spacial score (nSPS) is 2.67. The molecule has 0 aromatic heterocycles. The quantitative estimate of drug-likeness (QED) is 0.436. The number of rotatable bonds is 0. The molecule has 0 amide bonds. The number of hydrogen-bond donors (Lipinski definition) is 4. The Morgan fingerprint density at radius 3 is 0.444 bits per heavy atom. The van der Waals surface area contributed by atoms with Crippen molar-refractivity contribution >= 4 is 0 Å². The van der Waals surface area contributed by atoms with Crippen molar-refractivity contribution < 1.29 is 41.5 Å². The van der Waals surface area contributed by atoms with Gasteiger partial charge in [0.2, 0.25) is 0 Å². The molecule has 4 nitrogen and oxygen atoms in total. The van der Waals surface area contributed by atoms with E-state index in [0.717, 1.165) is 28.4 Å². The van der Waals surface area contributed by atoms with Crippen molar-refractivity contribution in [1.82, 2.24) is 0 Å². The Balaban J connectivity index is -0.00000000762. The van der Waals surface area contributed by atoms with Crippen LogP contribution in [0.3, 0.4) is 0 Å². The number of aliphatic hydroxyl groups is 4. The molecule has 62 valence electrons. The molecule has 0 saturated heterocycles. The van der Waals surface area contributed by atoms with Crippen LogP contribution in [-0.2, 0) is 21.1 Å². The van der Waals surface area contributed by atoms with Gasteiger partial charge in [-0.25, -0.2) is 0 Å². The second-order valence-electron chi connectivity index (χ2n) is 0.